The number of aliphatic hydroxyl groups excluding tert-OH is 1. The molecule has 5 heteroatoms. The highest BCUT2D eigenvalue weighted by atomic mass is 16.3. The molecule has 1 amide bonds. The van der Waals surface area contributed by atoms with E-state index in [-0.39, 0.29) is 11.6 Å². The van der Waals surface area contributed by atoms with Gasteiger partial charge in [-0.1, -0.05) is 0 Å². The summed E-state index contributed by atoms with van der Waals surface area (Å²) in [6.07, 6.45) is 2.69. The van der Waals surface area contributed by atoms with E-state index in [1.165, 1.54) is 0 Å². The second-order valence-electron chi connectivity index (χ2n) is 3.99. The molecule has 0 unspecified atom stereocenters. The molecule has 2 rings (SSSR count). The Morgan fingerprint density at radius 2 is 2.44 bits per heavy atom. The second kappa shape index (κ2) is 4.49. The zero-order valence-electron chi connectivity index (χ0n) is 8.97. The predicted octanol–water partition coefficient (Wildman–Crippen LogP) is 0.261. The number of carbonyl (C=O) groups is 1. The van der Waals surface area contributed by atoms with Crippen molar-refractivity contribution >= 4 is 11.6 Å². The SMILES string of the molecule is Nc1cccnc1C(=O)N1CCC[C@H](O)C1. The molecular formula is C11H15N3O2. The highest BCUT2D eigenvalue weighted by molar-refractivity contribution is 5.97. The first-order chi connectivity index (χ1) is 7.68. The van der Waals surface area contributed by atoms with Gasteiger partial charge in [-0.3, -0.25) is 4.79 Å². The van der Waals surface area contributed by atoms with E-state index < -0.39 is 6.10 Å². The van der Waals surface area contributed by atoms with Crippen molar-refractivity contribution in [1.82, 2.24) is 9.88 Å². The van der Waals surface area contributed by atoms with E-state index in [1.807, 2.05) is 0 Å². The minimum Gasteiger partial charge on any atom is -0.397 e. The first kappa shape index (κ1) is 10.9. The standard InChI is InChI=1S/C11H15N3O2/c12-9-4-1-5-13-10(9)11(16)14-6-2-3-8(15)7-14/h1,4-5,8,15H,2-3,6-7,12H2/t8-/m0/s1. The number of nitrogen functional groups attached to an aromatic ring is 1. The zero-order chi connectivity index (χ0) is 11.5. The van der Waals surface area contributed by atoms with Crippen LogP contribution in [-0.2, 0) is 0 Å². The molecule has 0 aliphatic carbocycles. The number of aromatic nitrogens is 1. The Balaban J connectivity index is 2.16. The number of nitrogens with two attached hydrogens (primary N) is 1. The van der Waals surface area contributed by atoms with Gasteiger partial charge in [-0.05, 0) is 25.0 Å². The van der Waals surface area contributed by atoms with Gasteiger partial charge >= 0.3 is 0 Å². The molecule has 5 nitrogen and oxygen atoms in total. The summed E-state index contributed by atoms with van der Waals surface area (Å²) >= 11 is 0. The number of hydrogen-bond acceptors (Lipinski definition) is 4. The molecule has 1 aromatic heterocycles. The fourth-order valence-electron chi connectivity index (χ4n) is 1.89. The van der Waals surface area contributed by atoms with E-state index in [0.717, 1.165) is 12.8 Å². The summed E-state index contributed by atoms with van der Waals surface area (Å²) in [5, 5.41) is 9.50. The average Bonchev–Trinajstić information content (AvgIpc) is 2.29. The van der Waals surface area contributed by atoms with Crippen LogP contribution in [0.3, 0.4) is 0 Å². The number of likely N-dealkylation sites (tertiary alicyclic amines) is 1. The first-order valence-corrected chi connectivity index (χ1v) is 5.36. The summed E-state index contributed by atoms with van der Waals surface area (Å²) in [5.74, 6) is -0.197. The third-order valence-electron chi connectivity index (χ3n) is 2.73. The van der Waals surface area contributed by atoms with Gasteiger partial charge in [-0.25, -0.2) is 4.98 Å². The lowest BCUT2D eigenvalue weighted by molar-refractivity contribution is 0.0470. The number of pyridine rings is 1. The molecule has 1 aliphatic rings. The van der Waals surface area contributed by atoms with Crippen molar-refractivity contribution in [3.63, 3.8) is 0 Å². The van der Waals surface area contributed by atoms with Crippen LogP contribution in [0.1, 0.15) is 23.3 Å². The zero-order valence-corrected chi connectivity index (χ0v) is 8.97. The maximum absolute atomic E-state index is 12.0. The molecule has 1 atom stereocenters. The number of nitrogens with zero attached hydrogens (tertiary/aromatic N) is 2. The Labute approximate surface area is 93.9 Å². The second-order valence-corrected chi connectivity index (χ2v) is 3.99. The number of rotatable bonds is 1. The van der Waals surface area contributed by atoms with Gasteiger partial charge in [0.1, 0.15) is 0 Å². The van der Waals surface area contributed by atoms with Crippen LogP contribution < -0.4 is 5.73 Å². The van der Waals surface area contributed by atoms with Gasteiger partial charge in [0.05, 0.1) is 11.8 Å². The summed E-state index contributed by atoms with van der Waals surface area (Å²) in [6.45, 7) is 1.03. The summed E-state index contributed by atoms with van der Waals surface area (Å²) in [7, 11) is 0. The van der Waals surface area contributed by atoms with Gasteiger partial charge in [0.2, 0.25) is 0 Å². The Hall–Kier alpha value is -1.62. The van der Waals surface area contributed by atoms with Gasteiger partial charge in [0, 0.05) is 19.3 Å². The largest absolute Gasteiger partial charge is 0.397 e. The van der Waals surface area contributed by atoms with E-state index in [4.69, 9.17) is 5.73 Å². The maximum Gasteiger partial charge on any atom is 0.274 e. The van der Waals surface area contributed by atoms with Crippen molar-refractivity contribution in [2.75, 3.05) is 18.8 Å². The van der Waals surface area contributed by atoms with Gasteiger partial charge in [-0.2, -0.15) is 0 Å². The molecule has 16 heavy (non-hydrogen) atoms. The number of carbonyl (C=O) groups excluding carboxylic acids is 1. The monoisotopic (exact) mass is 221 g/mol. The molecule has 3 N–H and O–H groups in total. The van der Waals surface area contributed by atoms with Crippen molar-refractivity contribution in [3.05, 3.63) is 24.0 Å². The van der Waals surface area contributed by atoms with E-state index >= 15 is 0 Å². The van der Waals surface area contributed by atoms with Gasteiger partial charge in [0.25, 0.3) is 5.91 Å². The molecule has 0 saturated carbocycles. The topological polar surface area (TPSA) is 79.5 Å². The molecule has 2 heterocycles. The summed E-state index contributed by atoms with van der Waals surface area (Å²) in [5.41, 5.74) is 6.35. The third-order valence-corrected chi connectivity index (χ3v) is 2.73. The Morgan fingerprint density at radius 3 is 3.12 bits per heavy atom. The molecule has 1 aliphatic heterocycles. The average molecular weight is 221 g/mol. The first-order valence-electron chi connectivity index (χ1n) is 5.36. The summed E-state index contributed by atoms with van der Waals surface area (Å²) in [4.78, 5) is 17.6. The van der Waals surface area contributed by atoms with Crippen LogP contribution in [0.25, 0.3) is 0 Å². The number of hydrogen-bond donors (Lipinski definition) is 2. The Kier molecular flexibility index (Phi) is 3.05. The van der Waals surface area contributed by atoms with E-state index in [1.54, 1.807) is 23.2 Å². The molecule has 0 bridgehead atoms. The number of β-amino-alcohol motifs (C(OH)–C–C–N with tert-alkyl or cyclic N) is 1. The van der Waals surface area contributed by atoms with Crippen LogP contribution in [0, 0.1) is 0 Å². The molecule has 0 aromatic carbocycles. The van der Waals surface area contributed by atoms with Crippen LogP contribution in [0.5, 0.6) is 0 Å². The fraction of sp³-hybridized carbons (Fsp3) is 0.455. The Bertz CT molecular complexity index is 395. The quantitative estimate of drug-likeness (QED) is 0.713. The van der Waals surface area contributed by atoms with Crippen LogP contribution in [0.2, 0.25) is 0 Å². The van der Waals surface area contributed by atoms with E-state index in [2.05, 4.69) is 4.98 Å². The smallest absolute Gasteiger partial charge is 0.274 e. The molecule has 0 spiro atoms. The number of anilines is 1. The molecule has 1 aromatic rings. The van der Waals surface area contributed by atoms with Crippen molar-refractivity contribution < 1.29 is 9.90 Å². The van der Waals surface area contributed by atoms with Gasteiger partial charge < -0.3 is 15.7 Å². The van der Waals surface area contributed by atoms with Crippen molar-refractivity contribution in [3.8, 4) is 0 Å². The van der Waals surface area contributed by atoms with Crippen LogP contribution >= 0.6 is 0 Å². The van der Waals surface area contributed by atoms with Gasteiger partial charge in [0.15, 0.2) is 5.69 Å². The molecule has 1 saturated heterocycles. The Morgan fingerprint density at radius 1 is 1.62 bits per heavy atom. The van der Waals surface area contributed by atoms with Crippen molar-refractivity contribution in [2.24, 2.45) is 0 Å². The number of piperidine rings is 1. The van der Waals surface area contributed by atoms with E-state index in [9.17, 15) is 9.90 Å². The van der Waals surface area contributed by atoms with Crippen LogP contribution in [0.4, 0.5) is 5.69 Å². The number of amides is 1. The van der Waals surface area contributed by atoms with Crippen molar-refractivity contribution in [2.45, 2.75) is 18.9 Å². The van der Waals surface area contributed by atoms with Crippen LogP contribution in [0.15, 0.2) is 18.3 Å². The van der Waals surface area contributed by atoms with Gasteiger partial charge in [-0.15, -0.1) is 0 Å². The normalized spacial score (nSPS) is 20.8. The fourth-order valence-corrected chi connectivity index (χ4v) is 1.89. The minimum absolute atomic E-state index is 0.197. The highest BCUT2D eigenvalue weighted by Gasteiger charge is 2.24. The highest BCUT2D eigenvalue weighted by Crippen LogP contribution is 2.15. The lowest BCUT2D eigenvalue weighted by Crippen LogP contribution is -2.42. The molecule has 1 fully saturated rings. The molecular weight excluding hydrogens is 206 g/mol. The lowest BCUT2D eigenvalue weighted by atomic mass is 10.1. The molecule has 0 radical (unpaired) electrons. The summed E-state index contributed by atoms with van der Waals surface area (Å²) in [6, 6.07) is 3.35. The number of aliphatic hydroxyl groups is 1. The maximum atomic E-state index is 12.0. The lowest BCUT2D eigenvalue weighted by Gasteiger charge is -2.30. The summed E-state index contributed by atoms with van der Waals surface area (Å²) < 4.78 is 0. The third kappa shape index (κ3) is 2.14. The predicted molar refractivity (Wildman–Crippen MR) is 59.8 cm³/mol. The van der Waals surface area contributed by atoms with Crippen LogP contribution in [-0.4, -0.2) is 40.1 Å². The van der Waals surface area contributed by atoms with E-state index in [0.29, 0.717) is 18.8 Å². The molecule has 86 valence electrons. The minimum atomic E-state index is -0.428. The van der Waals surface area contributed by atoms with Crippen molar-refractivity contribution in [1.29, 1.82) is 0 Å².